The molecule has 0 aliphatic rings. The van der Waals surface area contributed by atoms with E-state index in [0.717, 1.165) is 0 Å². The maximum absolute atomic E-state index is 13.3. The van der Waals surface area contributed by atoms with Crippen LogP contribution in [0.5, 0.6) is 0 Å². The Balaban J connectivity index is 2.22. The van der Waals surface area contributed by atoms with Gasteiger partial charge < -0.3 is 4.57 Å². The highest BCUT2D eigenvalue weighted by atomic mass is 19.1. The standard InChI is InChI=1S/C18H19FN4O2/c1-4-22-16-15(17(24)23(5-2)18(22)25)21(3)14(20-16)10-9-12-7-6-8-13(19)11-12/h6-11H,4-5H2,1-3H3. The minimum Gasteiger partial charge on any atom is -0.322 e. The van der Waals surface area contributed by atoms with E-state index >= 15 is 0 Å². The van der Waals surface area contributed by atoms with Gasteiger partial charge in [0.05, 0.1) is 0 Å². The summed E-state index contributed by atoms with van der Waals surface area (Å²) in [5, 5.41) is 0. The molecule has 2 heterocycles. The second kappa shape index (κ2) is 6.51. The van der Waals surface area contributed by atoms with E-state index in [1.54, 1.807) is 42.8 Å². The van der Waals surface area contributed by atoms with Crippen molar-refractivity contribution in [2.45, 2.75) is 26.9 Å². The van der Waals surface area contributed by atoms with Crippen LogP contribution in [0, 0.1) is 5.82 Å². The molecule has 0 saturated heterocycles. The highest BCUT2D eigenvalue weighted by Gasteiger charge is 2.17. The van der Waals surface area contributed by atoms with Gasteiger partial charge >= 0.3 is 5.69 Å². The third-order valence-corrected chi connectivity index (χ3v) is 4.18. The van der Waals surface area contributed by atoms with Crippen LogP contribution in [0.1, 0.15) is 25.2 Å². The molecule has 1 aromatic carbocycles. The van der Waals surface area contributed by atoms with Gasteiger partial charge in [-0.05, 0) is 37.6 Å². The summed E-state index contributed by atoms with van der Waals surface area (Å²) in [7, 11) is 1.73. The first-order chi connectivity index (χ1) is 12.0. The van der Waals surface area contributed by atoms with E-state index in [1.165, 1.54) is 21.3 Å². The van der Waals surface area contributed by atoms with Crippen LogP contribution in [0.3, 0.4) is 0 Å². The van der Waals surface area contributed by atoms with Crippen LogP contribution >= 0.6 is 0 Å². The van der Waals surface area contributed by atoms with Gasteiger partial charge in [-0.25, -0.2) is 14.2 Å². The highest BCUT2D eigenvalue weighted by Crippen LogP contribution is 2.13. The van der Waals surface area contributed by atoms with Crippen LogP contribution < -0.4 is 11.2 Å². The zero-order chi connectivity index (χ0) is 18.1. The molecular formula is C18H19FN4O2. The predicted octanol–water partition coefficient (Wildman–Crippen LogP) is 2.25. The molecule has 25 heavy (non-hydrogen) atoms. The van der Waals surface area contributed by atoms with E-state index in [4.69, 9.17) is 0 Å². The zero-order valence-electron chi connectivity index (χ0n) is 14.4. The minimum absolute atomic E-state index is 0.299. The van der Waals surface area contributed by atoms with Gasteiger partial charge in [-0.1, -0.05) is 18.2 Å². The van der Waals surface area contributed by atoms with Crippen LogP contribution in [0.15, 0.2) is 33.9 Å². The fourth-order valence-corrected chi connectivity index (χ4v) is 2.87. The van der Waals surface area contributed by atoms with Gasteiger partial charge in [-0.3, -0.25) is 13.9 Å². The van der Waals surface area contributed by atoms with Gasteiger partial charge in [0, 0.05) is 20.1 Å². The molecule has 0 spiro atoms. The monoisotopic (exact) mass is 342 g/mol. The predicted molar refractivity (Wildman–Crippen MR) is 95.9 cm³/mol. The Morgan fingerprint density at radius 1 is 1.12 bits per heavy atom. The van der Waals surface area contributed by atoms with Crippen LogP contribution in [0.2, 0.25) is 0 Å². The Hall–Kier alpha value is -2.96. The second-order valence-corrected chi connectivity index (χ2v) is 5.67. The van der Waals surface area contributed by atoms with Crippen molar-refractivity contribution in [3.8, 4) is 0 Å². The first-order valence-electron chi connectivity index (χ1n) is 8.11. The molecule has 3 aromatic rings. The van der Waals surface area contributed by atoms with Crippen LogP contribution in [-0.2, 0) is 20.1 Å². The summed E-state index contributed by atoms with van der Waals surface area (Å²) in [5.41, 5.74) is 0.713. The largest absolute Gasteiger partial charge is 0.332 e. The lowest BCUT2D eigenvalue weighted by atomic mass is 10.2. The smallest absolute Gasteiger partial charge is 0.322 e. The number of nitrogens with zero attached hydrogens (tertiary/aromatic N) is 4. The molecule has 7 heteroatoms. The SMILES string of the molecule is CCn1c(=O)c2c(nc(C=Cc3cccc(F)c3)n2C)n(CC)c1=O. The molecule has 6 nitrogen and oxygen atoms in total. The van der Waals surface area contributed by atoms with E-state index in [9.17, 15) is 14.0 Å². The normalized spacial score (nSPS) is 11.7. The summed E-state index contributed by atoms with van der Waals surface area (Å²) >= 11 is 0. The first kappa shape index (κ1) is 16.9. The number of hydrogen-bond donors (Lipinski definition) is 0. The van der Waals surface area contributed by atoms with Gasteiger partial charge in [0.15, 0.2) is 11.2 Å². The third-order valence-electron chi connectivity index (χ3n) is 4.18. The molecule has 0 unspecified atom stereocenters. The number of hydrogen-bond acceptors (Lipinski definition) is 3. The van der Waals surface area contributed by atoms with Gasteiger partial charge in [-0.15, -0.1) is 0 Å². The highest BCUT2D eigenvalue weighted by molar-refractivity contribution is 5.76. The van der Waals surface area contributed by atoms with E-state index in [2.05, 4.69) is 4.98 Å². The number of aryl methyl sites for hydroxylation is 2. The average Bonchev–Trinajstić information content (AvgIpc) is 2.91. The molecular weight excluding hydrogens is 323 g/mol. The lowest BCUT2D eigenvalue weighted by Crippen LogP contribution is -2.39. The molecule has 0 saturated carbocycles. The van der Waals surface area contributed by atoms with Crippen molar-refractivity contribution in [1.82, 2.24) is 18.7 Å². The quantitative estimate of drug-likeness (QED) is 0.730. The summed E-state index contributed by atoms with van der Waals surface area (Å²) in [5.74, 6) is 0.199. The topological polar surface area (TPSA) is 61.8 Å². The van der Waals surface area contributed by atoms with Crippen molar-refractivity contribution in [3.05, 3.63) is 62.3 Å². The van der Waals surface area contributed by atoms with Gasteiger partial charge in [0.2, 0.25) is 0 Å². The van der Waals surface area contributed by atoms with Gasteiger partial charge in [-0.2, -0.15) is 0 Å². The Bertz CT molecular complexity index is 1090. The molecule has 3 rings (SSSR count). The molecule has 2 aromatic heterocycles. The van der Waals surface area contributed by atoms with E-state index in [1.807, 2.05) is 6.92 Å². The van der Waals surface area contributed by atoms with Crippen molar-refractivity contribution in [3.63, 3.8) is 0 Å². The van der Waals surface area contributed by atoms with Crippen molar-refractivity contribution in [1.29, 1.82) is 0 Å². The molecule has 0 amide bonds. The minimum atomic E-state index is -0.360. The first-order valence-corrected chi connectivity index (χ1v) is 8.11. The van der Waals surface area contributed by atoms with Gasteiger partial charge in [0.25, 0.3) is 5.56 Å². The molecule has 0 bridgehead atoms. The maximum atomic E-state index is 13.3. The fraction of sp³-hybridized carbons (Fsp3) is 0.278. The lowest BCUT2D eigenvalue weighted by molar-refractivity contribution is 0.604. The van der Waals surface area contributed by atoms with Crippen molar-refractivity contribution in [2.75, 3.05) is 0 Å². The molecule has 0 atom stereocenters. The zero-order valence-corrected chi connectivity index (χ0v) is 14.4. The molecule has 130 valence electrons. The van der Waals surface area contributed by atoms with Crippen LogP contribution in [0.25, 0.3) is 23.3 Å². The number of imidazole rings is 1. The van der Waals surface area contributed by atoms with Crippen molar-refractivity contribution < 1.29 is 4.39 Å². The Labute approximate surface area is 143 Å². The maximum Gasteiger partial charge on any atom is 0.332 e. The molecule has 0 aliphatic heterocycles. The van der Waals surface area contributed by atoms with E-state index in [0.29, 0.717) is 35.6 Å². The number of halogens is 1. The third kappa shape index (κ3) is 2.82. The summed E-state index contributed by atoms with van der Waals surface area (Å²) < 4.78 is 17.6. The van der Waals surface area contributed by atoms with Crippen molar-refractivity contribution >= 4 is 23.3 Å². The number of fused-ring (bicyclic) bond motifs is 1. The van der Waals surface area contributed by atoms with Crippen molar-refractivity contribution in [2.24, 2.45) is 7.05 Å². The summed E-state index contributed by atoms with van der Waals surface area (Å²) in [6.07, 6.45) is 3.42. The molecule has 0 radical (unpaired) electrons. The van der Waals surface area contributed by atoms with Crippen LogP contribution in [-0.4, -0.2) is 18.7 Å². The lowest BCUT2D eigenvalue weighted by Gasteiger charge is -2.08. The average molecular weight is 342 g/mol. The van der Waals surface area contributed by atoms with E-state index in [-0.39, 0.29) is 17.1 Å². The van der Waals surface area contributed by atoms with E-state index < -0.39 is 0 Å². The van der Waals surface area contributed by atoms with Gasteiger partial charge in [0.1, 0.15) is 11.6 Å². The number of benzene rings is 1. The molecule has 0 aliphatic carbocycles. The molecule has 0 N–H and O–H groups in total. The second-order valence-electron chi connectivity index (χ2n) is 5.67. The number of rotatable bonds is 4. The summed E-state index contributed by atoms with van der Waals surface area (Å²) in [4.78, 5) is 29.5. The Kier molecular flexibility index (Phi) is 4.39. The summed E-state index contributed by atoms with van der Waals surface area (Å²) in [6, 6.07) is 6.18. The number of aromatic nitrogens is 4. The fourth-order valence-electron chi connectivity index (χ4n) is 2.87. The summed E-state index contributed by atoms with van der Waals surface area (Å²) in [6.45, 7) is 4.31. The Morgan fingerprint density at radius 2 is 1.84 bits per heavy atom. The molecule has 0 fully saturated rings. The van der Waals surface area contributed by atoms with Crippen LogP contribution in [0.4, 0.5) is 4.39 Å². The Morgan fingerprint density at radius 3 is 2.48 bits per heavy atom.